The Labute approximate surface area is 161 Å². The third-order valence-electron chi connectivity index (χ3n) is 3.62. The Morgan fingerprint density at radius 3 is 2.69 bits per heavy atom. The highest BCUT2D eigenvalue weighted by atomic mass is 35.5. The summed E-state index contributed by atoms with van der Waals surface area (Å²) in [7, 11) is 0. The minimum absolute atomic E-state index is 0.144. The van der Waals surface area contributed by atoms with E-state index in [0.29, 0.717) is 31.8 Å². The maximum absolute atomic E-state index is 13.0. The van der Waals surface area contributed by atoms with Crippen molar-refractivity contribution >= 4 is 51.4 Å². The van der Waals surface area contributed by atoms with Crippen LogP contribution in [0.4, 0.5) is 10.3 Å². The van der Waals surface area contributed by atoms with Crippen LogP contribution in [0.3, 0.4) is 0 Å². The number of benzene rings is 2. The van der Waals surface area contributed by atoms with Crippen molar-refractivity contribution < 1.29 is 9.18 Å². The Balaban J connectivity index is 1.67. The molecular weight excluding hydrogens is 398 g/mol. The summed E-state index contributed by atoms with van der Waals surface area (Å²) in [5.74, 6) is -0.693. The number of nitrogens with zero attached hydrogens (tertiary/aromatic N) is 3. The molecule has 1 N–H and O–H groups in total. The third-order valence-corrected chi connectivity index (χ3v) is 5.00. The highest BCUT2D eigenvalue weighted by molar-refractivity contribution is 7.15. The van der Waals surface area contributed by atoms with Gasteiger partial charge in [0.2, 0.25) is 4.96 Å². The zero-order valence-corrected chi connectivity index (χ0v) is 15.2. The molecule has 2 aromatic heterocycles. The zero-order chi connectivity index (χ0) is 18.3. The van der Waals surface area contributed by atoms with E-state index in [1.807, 2.05) is 5.38 Å². The summed E-state index contributed by atoms with van der Waals surface area (Å²) in [4.78, 5) is 17.1. The van der Waals surface area contributed by atoms with Gasteiger partial charge >= 0.3 is 0 Å². The average Bonchev–Trinajstić information content (AvgIpc) is 3.17. The van der Waals surface area contributed by atoms with E-state index in [2.05, 4.69) is 15.4 Å². The van der Waals surface area contributed by atoms with E-state index in [0.717, 1.165) is 0 Å². The Hall–Kier alpha value is -2.48. The monoisotopic (exact) mass is 406 g/mol. The van der Waals surface area contributed by atoms with Gasteiger partial charge in [0.25, 0.3) is 11.9 Å². The number of hydrogen-bond acceptors (Lipinski definition) is 4. The van der Waals surface area contributed by atoms with Crippen molar-refractivity contribution in [2.45, 2.75) is 0 Å². The van der Waals surface area contributed by atoms with Crippen LogP contribution in [0.25, 0.3) is 16.2 Å². The number of thiazole rings is 1. The van der Waals surface area contributed by atoms with Crippen molar-refractivity contribution in [1.29, 1.82) is 0 Å². The minimum Gasteiger partial charge on any atom is -0.289 e. The number of fused-ring (bicyclic) bond motifs is 1. The third kappa shape index (κ3) is 3.16. The van der Waals surface area contributed by atoms with Crippen molar-refractivity contribution in [2.75, 3.05) is 5.32 Å². The number of nitrogens with one attached hydrogen (secondary N) is 1. The molecule has 0 aliphatic heterocycles. The van der Waals surface area contributed by atoms with Gasteiger partial charge in [-0.05, 0) is 42.5 Å². The Morgan fingerprint density at radius 2 is 1.92 bits per heavy atom. The molecule has 0 unspecified atom stereocenters. The first kappa shape index (κ1) is 17.0. The Bertz CT molecular complexity index is 1120. The number of halogens is 3. The lowest BCUT2D eigenvalue weighted by molar-refractivity contribution is 0.102. The number of carbonyl (C=O) groups is 1. The standard InChI is InChI=1S/C17H9Cl2FN4OS/c18-10-3-6-13(19)12(7-10)14-8-26-17-22-16(23-24(14)17)21-15(25)9-1-4-11(20)5-2-9/h1-8H,(H,21,23,25). The van der Waals surface area contributed by atoms with E-state index in [9.17, 15) is 9.18 Å². The molecule has 0 saturated carbocycles. The first-order valence-electron chi connectivity index (χ1n) is 7.38. The molecule has 4 rings (SSSR count). The van der Waals surface area contributed by atoms with Gasteiger partial charge in [-0.15, -0.1) is 16.4 Å². The quantitative estimate of drug-likeness (QED) is 0.511. The highest BCUT2D eigenvalue weighted by Crippen LogP contribution is 2.33. The van der Waals surface area contributed by atoms with Crippen LogP contribution in [0.5, 0.6) is 0 Å². The Morgan fingerprint density at radius 1 is 1.15 bits per heavy atom. The number of amides is 1. The first-order valence-corrected chi connectivity index (χ1v) is 9.01. The summed E-state index contributed by atoms with van der Waals surface area (Å²) in [6.45, 7) is 0. The van der Waals surface area contributed by atoms with Crippen LogP contribution in [0, 0.1) is 5.82 Å². The second-order valence-corrected chi connectivity index (χ2v) is 7.02. The van der Waals surface area contributed by atoms with Crippen LogP contribution in [-0.2, 0) is 0 Å². The fourth-order valence-electron chi connectivity index (χ4n) is 2.39. The zero-order valence-electron chi connectivity index (χ0n) is 12.9. The lowest BCUT2D eigenvalue weighted by Gasteiger charge is -2.03. The van der Waals surface area contributed by atoms with E-state index >= 15 is 0 Å². The molecule has 0 aliphatic carbocycles. The molecule has 0 spiro atoms. The SMILES string of the molecule is O=C(Nc1nc2scc(-c3cc(Cl)ccc3Cl)n2n1)c1ccc(F)cc1. The number of anilines is 1. The van der Waals surface area contributed by atoms with Crippen LogP contribution in [0.2, 0.25) is 10.0 Å². The van der Waals surface area contributed by atoms with Gasteiger partial charge < -0.3 is 0 Å². The van der Waals surface area contributed by atoms with Gasteiger partial charge in [0.05, 0.1) is 10.7 Å². The van der Waals surface area contributed by atoms with Crippen molar-refractivity contribution in [3.63, 3.8) is 0 Å². The van der Waals surface area contributed by atoms with Crippen LogP contribution in [0.1, 0.15) is 10.4 Å². The number of hydrogen-bond donors (Lipinski definition) is 1. The summed E-state index contributed by atoms with van der Waals surface area (Å²) in [6, 6.07) is 10.4. The van der Waals surface area contributed by atoms with E-state index in [1.165, 1.54) is 35.6 Å². The first-order chi connectivity index (χ1) is 12.5. The summed E-state index contributed by atoms with van der Waals surface area (Å²) >= 11 is 13.7. The predicted molar refractivity (Wildman–Crippen MR) is 101 cm³/mol. The topological polar surface area (TPSA) is 59.3 Å². The Kier molecular flexibility index (Phi) is 4.36. The fraction of sp³-hybridized carbons (Fsp3) is 0. The molecule has 0 aliphatic rings. The van der Waals surface area contributed by atoms with Crippen LogP contribution >= 0.6 is 34.5 Å². The number of rotatable bonds is 3. The molecule has 1 amide bonds. The molecule has 4 aromatic rings. The van der Waals surface area contributed by atoms with Gasteiger partial charge in [-0.2, -0.15) is 4.98 Å². The van der Waals surface area contributed by atoms with Crippen LogP contribution < -0.4 is 5.32 Å². The molecule has 0 atom stereocenters. The average molecular weight is 407 g/mol. The normalized spacial score (nSPS) is 11.0. The molecular formula is C17H9Cl2FN4OS. The molecule has 2 heterocycles. The summed E-state index contributed by atoms with van der Waals surface area (Å²) in [5.41, 5.74) is 1.74. The minimum atomic E-state index is -0.425. The fourth-order valence-corrected chi connectivity index (χ4v) is 3.60. The largest absolute Gasteiger partial charge is 0.289 e. The van der Waals surface area contributed by atoms with Crippen molar-refractivity contribution in [2.24, 2.45) is 0 Å². The van der Waals surface area contributed by atoms with Crippen molar-refractivity contribution in [1.82, 2.24) is 14.6 Å². The van der Waals surface area contributed by atoms with E-state index in [4.69, 9.17) is 23.2 Å². The van der Waals surface area contributed by atoms with E-state index < -0.39 is 11.7 Å². The van der Waals surface area contributed by atoms with Crippen LogP contribution in [0.15, 0.2) is 47.8 Å². The second-order valence-electron chi connectivity index (χ2n) is 5.34. The molecule has 130 valence electrons. The maximum atomic E-state index is 13.0. The van der Waals surface area contributed by atoms with Gasteiger partial charge in [-0.25, -0.2) is 8.91 Å². The predicted octanol–water partition coefficient (Wildman–Crippen LogP) is 5.16. The number of carbonyl (C=O) groups excluding carboxylic acids is 1. The van der Waals surface area contributed by atoms with Crippen molar-refractivity contribution in [3.8, 4) is 11.3 Å². The van der Waals surface area contributed by atoms with Gasteiger partial charge in [0.1, 0.15) is 5.82 Å². The molecule has 0 saturated heterocycles. The highest BCUT2D eigenvalue weighted by Gasteiger charge is 2.16. The maximum Gasteiger partial charge on any atom is 0.258 e. The molecule has 5 nitrogen and oxygen atoms in total. The van der Waals surface area contributed by atoms with E-state index in [1.54, 1.807) is 22.7 Å². The molecule has 0 fully saturated rings. The van der Waals surface area contributed by atoms with Crippen LogP contribution in [-0.4, -0.2) is 20.5 Å². The molecule has 9 heteroatoms. The smallest absolute Gasteiger partial charge is 0.258 e. The molecule has 2 aromatic carbocycles. The van der Waals surface area contributed by atoms with Gasteiger partial charge in [-0.1, -0.05) is 23.2 Å². The second kappa shape index (κ2) is 6.68. The van der Waals surface area contributed by atoms with Gasteiger partial charge in [0, 0.05) is 21.5 Å². The molecule has 0 bridgehead atoms. The van der Waals surface area contributed by atoms with Gasteiger partial charge in [0.15, 0.2) is 0 Å². The summed E-state index contributed by atoms with van der Waals surface area (Å²) in [6.07, 6.45) is 0. The van der Waals surface area contributed by atoms with Gasteiger partial charge in [-0.3, -0.25) is 10.1 Å². The molecule has 0 radical (unpaired) electrons. The lowest BCUT2D eigenvalue weighted by Crippen LogP contribution is -2.13. The van der Waals surface area contributed by atoms with E-state index in [-0.39, 0.29) is 5.95 Å². The molecule has 26 heavy (non-hydrogen) atoms. The van der Waals surface area contributed by atoms with Crippen molar-refractivity contribution in [3.05, 3.63) is 69.3 Å². The summed E-state index contributed by atoms with van der Waals surface area (Å²) in [5, 5.41) is 9.85. The number of aromatic nitrogens is 3. The lowest BCUT2D eigenvalue weighted by atomic mass is 10.2. The summed E-state index contributed by atoms with van der Waals surface area (Å²) < 4.78 is 14.5.